The van der Waals surface area contributed by atoms with E-state index in [9.17, 15) is 0 Å². The van der Waals surface area contributed by atoms with E-state index in [0.29, 0.717) is 0 Å². The highest BCUT2D eigenvalue weighted by molar-refractivity contribution is 5.19. The number of rotatable bonds is 0. The van der Waals surface area contributed by atoms with E-state index in [0.717, 1.165) is 11.4 Å². The molecule has 0 aliphatic rings. The molecule has 4 nitrogen and oxygen atoms in total. The van der Waals surface area contributed by atoms with Crippen LogP contribution in [-0.2, 0) is 0 Å². The Morgan fingerprint density at radius 3 is 1.12 bits per heavy atom. The number of pyridine rings is 2. The lowest BCUT2D eigenvalue weighted by atomic mass is 10.2. The predicted octanol–water partition coefficient (Wildman–Crippen LogP) is 4.49. The Hall–Kier alpha value is -2.62. The zero-order valence-electron chi connectivity index (χ0n) is 15.4. The van der Waals surface area contributed by atoms with E-state index in [1.807, 2.05) is 50.8 Å². The summed E-state index contributed by atoms with van der Waals surface area (Å²) in [7, 11) is 0. The van der Waals surface area contributed by atoms with Crippen molar-refractivity contribution in [3.05, 3.63) is 83.0 Å². The Balaban J connectivity index is 0.000000180. The molecule has 0 saturated heterocycles. The van der Waals surface area contributed by atoms with Gasteiger partial charge in [0.2, 0.25) is 0 Å². The maximum absolute atomic E-state index is 4.11. The fourth-order valence-corrected chi connectivity index (χ4v) is 1.67. The van der Waals surface area contributed by atoms with E-state index in [1.165, 1.54) is 22.3 Å². The Labute approximate surface area is 145 Å². The molecule has 0 aromatic carbocycles. The highest BCUT2D eigenvalue weighted by Crippen LogP contribution is 2.00. The zero-order chi connectivity index (χ0) is 17.9. The minimum atomic E-state index is 0.977. The molecule has 3 heterocycles. The van der Waals surface area contributed by atoms with Crippen molar-refractivity contribution in [1.82, 2.24) is 19.9 Å². The van der Waals surface area contributed by atoms with Gasteiger partial charge >= 0.3 is 0 Å². The summed E-state index contributed by atoms with van der Waals surface area (Å²) in [6.07, 6.45) is 10.8. The highest BCUT2D eigenvalue weighted by atomic mass is 14.8. The van der Waals surface area contributed by atoms with E-state index in [-0.39, 0.29) is 0 Å². The van der Waals surface area contributed by atoms with Crippen LogP contribution in [0.25, 0.3) is 0 Å². The van der Waals surface area contributed by atoms with Crippen molar-refractivity contribution in [3.8, 4) is 0 Å². The largest absolute Gasteiger partial charge is 0.264 e. The van der Waals surface area contributed by atoms with Gasteiger partial charge in [0.05, 0.1) is 11.4 Å². The summed E-state index contributed by atoms with van der Waals surface area (Å²) in [6, 6.07) is 4.02. The first-order chi connectivity index (χ1) is 11.4. The third-order valence-corrected chi connectivity index (χ3v) is 3.48. The smallest absolute Gasteiger partial charge is 0.0558 e. The molecule has 0 spiro atoms. The van der Waals surface area contributed by atoms with Gasteiger partial charge < -0.3 is 0 Å². The second-order valence-corrected chi connectivity index (χ2v) is 5.72. The molecule has 0 N–H and O–H groups in total. The van der Waals surface area contributed by atoms with Crippen molar-refractivity contribution >= 4 is 0 Å². The molecule has 0 amide bonds. The van der Waals surface area contributed by atoms with Gasteiger partial charge in [-0.15, -0.1) is 0 Å². The first-order valence-corrected chi connectivity index (χ1v) is 7.90. The van der Waals surface area contributed by atoms with Gasteiger partial charge in [-0.25, -0.2) is 0 Å². The Morgan fingerprint density at radius 1 is 0.500 bits per heavy atom. The molecule has 0 aliphatic heterocycles. The fraction of sp³-hybridized carbons (Fsp3) is 0.300. The molecule has 24 heavy (non-hydrogen) atoms. The fourth-order valence-electron chi connectivity index (χ4n) is 1.67. The van der Waals surface area contributed by atoms with E-state index in [1.54, 1.807) is 12.4 Å². The third kappa shape index (κ3) is 7.58. The molecule has 4 heteroatoms. The van der Waals surface area contributed by atoms with E-state index < -0.39 is 0 Å². The normalized spacial score (nSPS) is 9.25. The highest BCUT2D eigenvalue weighted by Gasteiger charge is 1.86. The van der Waals surface area contributed by atoms with Crippen LogP contribution in [0, 0.1) is 41.5 Å². The van der Waals surface area contributed by atoms with Crippen molar-refractivity contribution in [3.63, 3.8) is 0 Å². The molecule has 0 bridgehead atoms. The number of aryl methyl sites for hydroxylation is 6. The summed E-state index contributed by atoms with van der Waals surface area (Å²) in [6.45, 7) is 12.1. The van der Waals surface area contributed by atoms with Crippen LogP contribution in [0.4, 0.5) is 0 Å². The van der Waals surface area contributed by atoms with Crippen LogP contribution in [0.3, 0.4) is 0 Å². The average molecular weight is 322 g/mol. The molecule has 3 rings (SSSR count). The molecule has 3 aromatic heterocycles. The molecule has 0 saturated carbocycles. The summed E-state index contributed by atoms with van der Waals surface area (Å²) in [4.78, 5) is 15.9. The van der Waals surface area contributed by atoms with Gasteiger partial charge in [0.1, 0.15) is 0 Å². The van der Waals surface area contributed by atoms with Gasteiger partial charge in [-0.1, -0.05) is 0 Å². The second kappa shape index (κ2) is 10.2. The summed E-state index contributed by atoms with van der Waals surface area (Å²) in [5.41, 5.74) is 7.08. The molecule has 126 valence electrons. The van der Waals surface area contributed by atoms with Crippen molar-refractivity contribution in [2.24, 2.45) is 0 Å². The van der Waals surface area contributed by atoms with Crippen molar-refractivity contribution < 1.29 is 0 Å². The van der Waals surface area contributed by atoms with Gasteiger partial charge in [0, 0.05) is 37.2 Å². The van der Waals surface area contributed by atoms with Crippen LogP contribution in [0.5, 0.6) is 0 Å². The van der Waals surface area contributed by atoms with E-state index >= 15 is 0 Å². The maximum atomic E-state index is 4.11. The first kappa shape index (κ1) is 19.4. The van der Waals surface area contributed by atoms with Crippen LogP contribution >= 0.6 is 0 Å². The lowest BCUT2D eigenvalue weighted by Gasteiger charge is -1.92. The van der Waals surface area contributed by atoms with E-state index in [4.69, 9.17) is 0 Å². The SMILES string of the molecule is Cc1ccncc1C.Cc1ccncc1C.Cc1cncc(C)n1. The Kier molecular flexibility index (Phi) is 8.26. The van der Waals surface area contributed by atoms with Crippen LogP contribution in [0.15, 0.2) is 49.3 Å². The van der Waals surface area contributed by atoms with Crippen LogP contribution < -0.4 is 0 Å². The molecular formula is C20H26N4. The molecule has 0 radical (unpaired) electrons. The average Bonchev–Trinajstić information content (AvgIpc) is 2.54. The van der Waals surface area contributed by atoms with Gasteiger partial charge in [-0.2, -0.15) is 0 Å². The second-order valence-electron chi connectivity index (χ2n) is 5.72. The van der Waals surface area contributed by atoms with Gasteiger partial charge in [0.15, 0.2) is 0 Å². The monoisotopic (exact) mass is 322 g/mol. The quantitative estimate of drug-likeness (QED) is 0.612. The number of hydrogen-bond donors (Lipinski definition) is 0. The number of nitrogens with zero attached hydrogens (tertiary/aromatic N) is 4. The molecule has 0 aliphatic carbocycles. The summed E-state index contributed by atoms with van der Waals surface area (Å²) < 4.78 is 0. The standard InChI is InChI=1S/2C7H9N.C6H8N2/c2*1-6-3-4-8-5-7(6)2;1-5-3-7-4-6(2)8-5/h2*3-5H,1-2H3;3-4H,1-2H3. The predicted molar refractivity (Wildman–Crippen MR) is 98.9 cm³/mol. The molecule has 0 atom stereocenters. The van der Waals surface area contributed by atoms with Crippen molar-refractivity contribution in [1.29, 1.82) is 0 Å². The van der Waals surface area contributed by atoms with Gasteiger partial charge in [0.25, 0.3) is 0 Å². The first-order valence-electron chi connectivity index (χ1n) is 7.90. The van der Waals surface area contributed by atoms with Gasteiger partial charge in [-0.05, 0) is 75.9 Å². The van der Waals surface area contributed by atoms with Crippen molar-refractivity contribution in [2.45, 2.75) is 41.5 Å². The molecule has 0 unspecified atom stereocenters. The van der Waals surface area contributed by atoms with Gasteiger partial charge in [-0.3, -0.25) is 19.9 Å². The Morgan fingerprint density at radius 2 is 0.917 bits per heavy atom. The van der Waals surface area contributed by atoms with Crippen molar-refractivity contribution in [2.75, 3.05) is 0 Å². The summed E-state index contributed by atoms with van der Waals surface area (Å²) in [5.74, 6) is 0. The minimum absolute atomic E-state index is 0.977. The minimum Gasteiger partial charge on any atom is -0.264 e. The number of aromatic nitrogens is 4. The Bertz CT molecular complexity index is 651. The lowest BCUT2D eigenvalue weighted by molar-refractivity contribution is 1.05. The molecular weight excluding hydrogens is 296 g/mol. The van der Waals surface area contributed by atoms with Crippen LogP contribution in [0.2, 0.25) is 0 Å². The third-order valence-electron chi connectivity index (χ3n) is 3.48. The maximum Gasteiger partial charge on any atom is 0.0558 e. The summed E-state index contributed by atoms with van der Waals surface area (Å²) in [5, 5.41) is 0. The number of hydrogen-bond acceptors (Lipinski definition) is 4. The summed E-state index contributed by atoms with van der Waals surface area (Å²) >= 11 is 0. The zero-order valence-corrected chi connectivity index (χ0v) is 15.4. The molecule has 0 fully saturated rings. The van der Waals surface area contributed by atoms with Crippen LogP contribution in [-0.4, -0.2) is 19.9 Å². The van der Waals surface area contributed by atoms with E-state index in [2.05, 4.69) is 47.6 Å². The topological polar surface area (TPSA) is 51.6 Å². The lowest BCUT2D eigenvalue weighted by Crippen LogP contribution is -1.85. The van der Waals surface area contributed by atoms with Crippen LogP contribution in [0.1, 0.15) is 33.6 Å². The molecule has 3 aromatic rings.